The van der Waals surface area contributed by atoms with Gasteiger partial charge in [-0.25, -0.2) is 0 Å². The van der Waals surface area contributed by atoms with Crippen molar-refractivity contribution in [1.82, 2.24) is 10.2 Å². The molecule has 2 atom stereocenters. The van der Waals surface area contributed by atoms with E-state index >= 15 is 0 Å². The van der Waals surface area contributed by atoms with Gasteiger partial charge in [-0.2, -0.15) is 0 Å². The second-order valence-electron chi connectivity index (χ2n) is 5.66. The first kappa shape index (κ1) is 13.7. The predicted octanol–water partition coefficient (Wildman–Crippen LogP) is 1.05. The van der Waals surface area contributed by atoms with Crippen LogP contribution < -0.4 is 5.32 Å². The minimum Gasteiger partial charge on any atom is -0.504 e. The normalized spacial score (nSPS) is 26.6. The van der Waals surface area contributed by atoms with Crippen LogP contribution in [0.1, 0.15) is 18.4 Å². The van der Waals surface area contributed by atoms with Crippen LogP contribution in [0.15, 0.2) is 18.2 Å². The molecule has 110 valence electrons. The second-order valence-corrected chi connectivity index (χ2v) is 5.66. The molecule has 3 rings (SSSR count). The van der Waals surface area contributed by atoms with E-state index in [1.54, 1.807) is 12.1 Å². The fraction of sp³-hybridized carbons (Fsp3) is 0.600. The average Bonchev–Trinajstić information content (AvgIpc) is 2.91. The third-order valence-electron chi connectivity index (χ3n) is 4.25. The minimum atomic E-state index is -0.0712. The average molecular weight is 278 g/mol. The highest BCUT2D eigenvalue weighted by molar-refractivity contribution is 5.44. The lowest BCUT2D eigenvalue weighted by Crippen LogP contribution is -2.49. The summed E-state index contributed by atoms with van der Waals surface area (Å²) in [5.41, 5.74) is 0.708. The van der Waals surface area contributed by atoms with Gasteiger partial charge in [0, 0.05) is 31.2 Å². The molecule has 3 N–H and O–H groups in total. The summed E-state index contributed by atoms with van der Waals surface area (Å²) < 4.78 is 5.87. The summed E-state index contributed by atoms with van der Waals surface area (Å²) in [7, 11) is 0. The Hall–Kier alpha value is -1.30. The SMILES string of the molecule is Oc1cccc(CNCC2CN3CCCC3CO2)c1O. The van der Waals surface area contributed by atoms with Crippen molar-refractivity contribution < 1.29 is 14.9 Å². The number of fused-ring (bicyclic) bond motifs is 1. The second kappa shape index (κ2) is 5.99. The zero-order valence-corrected chi connectivity index (χ0v) is 11.6. The van der Waals surface area contributed by atoms with Crippen molar-refractivity contribution in [2.24, 2.45) is 0 Å². The molecule has 2 aliphatic rings. The van der Waals surface area contributed by atoms with Crippen LogP contribution in [-0.2, 0) is 11.3 Å². The lowest BCUT2D eigenvalue weighted by atomic mass is 10.1. The summed E-state index contributed by atoms with van der Waals surface area (Å²) in [5, 5.41) is 22.5. The van der Waals surface area contributed by atoms with Gasteiger partial charge in [0.15, 0.2) is 11.5 Å². The summed E-state index contributed by atoms with van der Waals surface area (Å²) in [6.45, 7) is 4.31. The van der Waals surface area contributed by atoms with Gasteiger partial charge in [-0.1, -0.05) is 12.1 Å². The van der Waals surface area contributed by atoms with Crippen LogP contribution in [0.25, 0.3) is 0 Å². The maximum atomic E-state index is 9.73. The highest BCUT2D eigenvalue weighted by atomic mass is 16.5. The summed E-state index contributed by atoms with van der Waals surface area (Å²) in [6.07, 6.45) is 2.76. The Morgan fingerprint density at radius 3 is 3.15 bits per heavy atom. The number of nitrogens with one attached hydrogen (secondary N) is 1. The molecule has 0 bridgehead atoms. The molecular formula is C15H22N2O3. The van der Waals surface area contributed by atoms with Gasteiger partial charge in [-0.15, -0.1) is 0 Å². The summed E-state index contributed by atoms with van der Waals surface area (Å²) in [5.74, 6) is -0.109. The van der Waals surface area contributed by atoms with Gasteiger partial charge in [-0.05, 0) is 25.5 Å². The van der Waals surface area contributed by atoms with Crippen molar-refractivity contribution in [3.8, 4) is 11.5 Å². The Morgan fingerprint density at radius 2 is 2.25 bits per heavy atom. The molecule has 5 nitrogen and oxygen atoms in total. The highest BCUT2D eigenvalue weighted by Crippen LogP contribution is 2.28. The molecule has 0 aromatic heterocycles. The number of benzene rings is 1. The van der Waals surface area contributed by atoms with Crippen LogP contribution in [0.2, 0.25) is 0 Å². The van der Waals surface area contributed by atoms with E-state index < -0.39 is 0 Å². The topological polar surface area (TPSA) is 65.0 Å². The standard InChI is InChI=1S/C15H22N2O3/c18-14-5-1-3-11(15(14)19)7-16-8-13-9-17-6-2-4-12(17)10-20-13/h1,3,5,12-13,16,18-19H,2,4,6-10H2. The first-order valence-electron chi connectivity index (χ1n) is 7.30. The monoisotopic (exact) mass is 278 g/mol. The molecule has 2 unspecified atom stereocenters. The van der Waals surface area contributed by atoms with Crippen LogP contribution in [0.5, 0.6) is 11.5 Å². The van der Waals surface area contributed by atoms with Gasteiger partial charge in [0.05, 0.1) is 12.7 Å². The Morgan fingerprint density at radius 1 is 1.35 bits per heavy atom. The number of phenolic OH excluding ortho intramolecular Hbond substituents is 2. The van der Waals surface area contributed by atoms with Gasteiger partial charge < -0.3 is 20.3 Å². The first-order valence-corrected chi connectivity index (χ1v) is 7.30. The Kier molecular flexibility index (Phi) is 4.10. The Labute approximate surface area is 119 Å². The third-order valence-corrected chi connectivity index (χ3v) is 4.25. The zero-order valence-electron chi connectivity index (χ0n) is 11.6. The molecule has 0 aliphatic carbocycles. The fourth-order valence-electron chi connectivity index (χ4n) is 3.10. The van der Waals surface area contributed by atoms with Crippen molar-refractivity contribution in [1.29, 1.82) is 0 Å². The van der Waals surface area contributed by atoms with E-state index in [0.717, 1.165) is 19.7 Å². The number of rotatable bonds is 4. The molecule has 5 heteroatoms. The van der Waals surface area contributed by atoms with Crippen LogP contribution in [-0.4, -0.2) is 53.5 Å². The molecule has 2 fully saturated rings. The van der Waals surface area contributed by atoms with Gasteiger partial charge in [-0.3, -0.25) is 4.90 Å². The lowest BCUT2D eigenvalue weighted by Gasteiger charge is -2.35. The molecular weight excluding hydrogens is 256 g/mol. The van der Waals surface area contributed by atoms with E-state index in [9.17, 15) is 10.2 Å². The van der Waals surface area contributed by atoms with E-state index in [1.165, 1.54) is 25.5 Å². The van der Waals surface area contributed by atoms with E-state index in [4.69, 9.17) is 4.74 Å². The lowest BCUT2D eigenvalue weighted by molar-refractivity contribution is -0.0470. The maximum Gasteiger partial charge on any atom is 0.161 e. The molecule has 2 aliphatic heterocycles. The molecule has 2 heterocycles. The number of ether oxygens (including phenoxy) is 1. The van der Waals surface area contributed by atoms with Crippen molar-refractivity contribution >= 4 is 0 Å². The number of aromatic hydroxyl groups is 2. The van der Waals surface area contributed by atoms with E-state index in [-0.39, 0.29) is 17.6 Å². The Balaban J connectivity index is 1.47. The molecule has 0 saturated carbocycles. The molecule has 1 aromatic carbocycles. The number of phenols is 2. The van der Waals surface area contributed by atoms with Crippen molar-refractivity contribution in [3.05, 3.63) is 23.8 Å². The summed E-state index contributed by atoms with van der Waals surface area (Å²) in [6, 6.07) is 5.65. The largest absolute Gasteiger partial charge is 0.504 e. The van der Waals surface area contributed by atoms with Crippen LogP contribution in [0.3, 0.4) is 0 Å². The van der Waals surface area contributed by atoms with Crippen LogP contribution in [0.4, 0.5) is 0 Å². The van der Waals surface area contributed by atoms with Crippen LogP contribution >= 0.6 is 0 Å². The van der Waals surface area contributed by atoms with Gasteiger partial charge >= 0.3 is 0 Å². The molecule has 2 saturated heterocycles. The summed E-state index contributed by atoms with van der Waals surface area (Å²) in [4.78, 5) is 2.52. The van der Waals surface area contributed by atoms with Gasteiger partial charge in [0.25, 0.3) is 0 Å². The predicted molar refractivity (Wildman–Crippen MR) is 75.8 cm³/mol. The van der Waals surface area contributed by atoms with Crippen molar-refractivity contribution in [2.75, 3.05) is 26.2 Å². The molecule has 1 aromatic rings. The zero-order chi connectivity index (χ0) is 13.9. The molecule has 0 radical (unpaired) electrons. The highest BCUT2D eigenvalue weighted by Gasteiger charge is 2.31. The molecule has 20 heavy (non-hydrogen) atoms. The number of hydrogen-bond donors (Lipinski definition) is 3. The van der Waals surface area contributed by atoms with Gasteiger partial charge in [0.1, 0.15) is 0 Å². The van der Waals surface area contributed by atoms with E-state index in [2.05, 4.69) is 10.2 Å². The smallest absolute Gasteiger partial charge is 0.161 e. The number of hydrogen-bond acceptors (Lipinski definition) is 5. The van der Waals surface area contributed by atoms with E-state index in [1.807, 2.05) is 0 Å². The maximum absolute atomic E-state index is 9.73. The van der Waals surface area contributed by atoms with Crippen molar-refractivity contribution in [3.63, 3.8) is 0 Å². The number of morpholine rings is 1. The fourth-order valence-corrected chi connectivity index (χ4v) is 3.10. The third kappa shape index (κ3) is 2.90. The molecule has 0 amide bonds. The first-order chi connectivity index (χ1) is 9.74. The van der Waals surface area contributed by atoms with E-state index in [0.29, 0.717) is 18.2 Å². The van der Waals surface area contributed by atoms with Crippen LogP contribution in [0, 0.1) is 0 Å². The Bertz CT molecular complexity index is 466. The van der Waals surface area contributed by atoms with Gasteiger partial charge in [0.2, 0.25) is 0 Å². The quantitative estimate of drug-likeness (QED) is 0.719. The number of nitrogens with zero attached hydrogens (tertiary/aromatic N) is 1. The molecule has 0 spiro atoms. The van der Waals surface area contributed by atoms with Crippen molar-refractivity contribution in [2.45, 2.75) is 31.5 Å². The minimum absolute atomic E-state index is 0.0378. The number of para-hydroxylation sites is 1. The summed E-state index contributed by atoms with van der Waals surface area (Å²) >= 11 is 0.